The van der Waals surface area contributed by atoms with Crippen LogP contribution in [0.4, 0.5) is 0 Å². The molecule has 80 valence electrons. The summed E-state index contributed by atoms with van der Waals surface area (Å²) in [7, 11) is 1.81. The van der Waals surface area contributed by atoms with E-state index in [-0.39, 0.29) is 16.1 Å². The quantitative estimate of drug-likeness (QED) is 0.713. The summed E-state index contributed by atoms with van der Waals surface area (Å²) in [5.74, 6) is 1.15. The topological polar surface area (TPSA) is 26.3 Å². The summed E-state index contributed by atoms with van der Waals surface area (Å²) in [4.78, 5) is 12.0. The summed E-state index contributed by atoms with van der Waals surface area (Å²) in [5, 5.41) is 0.187. The lowest BCUT2D eigenvalue weighted by Gasteiger charge is -2.02. The highest BCUT2D eigenvalue weighted by molar-refractivity contribution is 7.96. The third-order valence-electron chi connectivity index (χ3n) is 2.84. The van der Waals surface area contributed by atoms with Crippen LogP contribution in [0, 0.1) is 0 Å². The molecule has 0 amide bonds. The lowest BCUT2D eigenvalue weighted by molar-refractivity contribution is 0.0999. The molecular weight excluding hydrogens is 208 g/mol. The molecule has 0 radical (unpaired) electrons. The van der Waals surface area contributed by atoms with Crippen molar-refractivity contribution in [2.45, 2.75) is 11.7 Å². The van der Waals surface area contributed by atoms with Gasteiger partial charge < -0.3 is 4.74 Å². The first-order valence-corrected chi connectivity index (χ1v) is 7.01. The van der Waals surface area contributed by atoms with Gasteiger partial charge in [0, 0.05) is 12.0 Å². The summed E-state index contributed by atoms with van der Waals surface area (Å²) in [5.41, 5.74) is 2.03. The first kappa shape index (κ1) is 10.6. The summed E-state index contributed by atoms with van der Waals surface area (Å²) >= 11 is 0. The number of carbonyl (C=O) groups excluding carboxylic acids is 1. The zero-order chi connectivity index (χ0) is 11.0. The van der Waals surface area contributed by atoms with E-state index < -0.39 is 0 Å². The normalized spacial score (nSPS) is 19.5. The van der Waals surface area contributed by atoms with Gasteiger partial charge in [-0.05, 0) is 34.7 Å². The Bertz CT molecular complexity index is 399. The van der Waals surface area contributed by atoms with Gasteiger partial charge in [-0.25, -0.2) is 0 Å². The Morgan fingerprint density at radius 3 is 2.73 bits per heavy atom. The van der Waals surface area contributed by atoms with Crippen molar-refractivity contribution < 1.29 is 9.53 Å². The van der Waals surface area contributed by atoms with Gasteiger partial charge in [-0.3, -0.25) is 4.79 Å². The number of hydrogen-bond donors (Lipinski definition) is 0. The molecular formula is C12H15O2S+. The predicted molar refractivity (Wildman–Crippen MR) is 64.0 cm³/mol. The Hall–Kier alpha value is -0.960. The number of ether oxygens (including phenoxy) is 1. The van der Waals surface area contributed by atoms with Crippen LogP contribution in [-0.2, 0) is 17.3 Å². The second-order valence-electron chi connectivity index (χ2n) is 3.96. The number of fused-ring (bicyclic) bond motifs is 1. The average molecular weight is 223 g/mol. The molecule has 0 bridgehead atoms. The molecule has 0 aliphatic heterocycles. The number of benzene rings is 1. The molecule has 1 aliphatic rings. The monoisotopic (exact) mass is 223 g/mol. The molecule has 15 heavy (non-hydrogen) atoms. The summed E-state index contributed by atoms with van der Waals surface area (Å²) in [6.45, 7) is 0. The van der Waals surface area contributed by atoms with Crippen molar-refractivity contribution in [3.8, 4) is 5.75 Å². The molecule has 1 unspecified atom stereocenters. The van der Waals surface area contributed by atoms with Crippen LogP contribution >= 0.6 is 0 Å². The van der Waals surface area contributed by atoms with Crippen molar-refractivity contribution in [3.05, 3.63) is 29.3 Å². The van der Waals surface area contributed by atoms with Crippen LogP contribution in [0.1, 0.15) is 15.9 Å². The molecule has 0 aromatic heterocycles. The molecule has 1 aliphatic carbocycles. The van der Waals surface area contributed by atoms with E-state index >= 15 is 0 Å². The molecule has 1 aromatic carbocycles. The fourth-order valence-corrected chi connectivity index (χ4v) is 3.02. The Morgan fingerprint density at radius 2 is 2.13 bits per heavy atom. The van der Waals surface area contributed by atoms with Gasteiger partial charge >= 0.3 is 0 Å². The Morgan fingerprint density at radius 1 is 1.40 bits per heavy atom. The maximum Gasteiger partial charge on any atom is 0.215 e. The fraction of sp³-hybridized carbons (Fsp3) is 0.417. The maximum absolute atomic E-state index is 12.0. The van der Waals surface area contributed by atoms with Crippen molar-refractivity contribution >= 4 is 16.7 Å². The van der Waals surface area contributed by atoms with E-state index in [1.165, 1.54) is 0 Å². The van der Waals surface area contributed by atoms with Crippen molar-refractivity contribution in [3.63, 3.8) is 0 Å². The molecule has 2 nitrogen and oxygen atoms in total. The van der Waals surface area contributed by atoms with Gasteiger partial charge in [0.05, 0.1) is 19.6 Å². The number of methoxy groups -OCH3 is 1. The van der Waals surface area contributed by atoms with Crippen LogP contribution in [0.2, 0.25) is 0 Å². The zero-order valence-electron chi connectivity index (χ0n) is 9.24. The molecule has 0 saturated heterocycles. The van der Waals surface area contributed by atoms with Crippen LogP contribution in [0.25, 0.3) is 0 Å². The standard InChI is InChI=1S/C12H15O2S/c1-14-9-4-5-10-8(6-9)7-11(12(10)13)15(2)3/h4-6,11H,7H2,1-3H3/q+1. The second-order valence-corrected chi connectivity index (χ2v) is 6.29. The van der Waals surface area contributed by atoms with Crippen molar-refractivity contribution in [2.24, 2.45) is 0 Å². The molecule has 0 N–H and O–H groups in total. The minimum Gasteiger partial charge on any atom is -0.497 e. The molecule has 3 heteroatoms. The van der Waals surface area contributed by atoms with Crippen molar-refractivity contribution in [1.82, 2.24) is 0 Å². The van der Waals surface area contributed by atoms with Crippen LogP contribution in [0.15, 0.2) is 18.2 Å². The van der Waals surface area contributed by atoms with E-state index in [1.54, 1.807) is 7.11 Å². The number of hydrogen-bond acceptors (Lipinski definition) is 2. The summed E-state index contributed by atoms with van der Waals surface area (Å²) in [6.07, 6.45) is 5.14. The maximum atomic E-state index is 12.0. The van der Waals surface area contributed by atoms with Gasteiger partial charge in [0.2, 0.25) is 5.78 Å². The molecule has 1 atom stereocenters. The first-order chi connectivity index (χ1) is 7.13. The molecule has 1 aromatic rings. The Kier molecular flexibility index (Phi) is 2.74. The van der Waals surface area contributed by atoms with Gasteiger partial charge in [0.25, 0.3) is 0 Å². The van der Waals surface area contributed by atoms with Crippen LogP contribution < -0.4 is 4.74 Å². The summed E-state index contributed by atoms with van der Waals surface area (Å²) in [6, 6.07) is 5.74. The SMILES string of the molecule is COc1ccc2c(c1)CC([S+](C)C)C2=O. The predicted octanol–water partition coefficient (Wildman–Crippen LogP) is 1.68. The lowest BCUT2D eigenvalue weighted by Crippen LogP contribution is -2.25. The minimum absolute atomic E-state index is 0.154. The third-order valence-corrected chi connectivity index (χ3v) is 4.36. The highest BCUT2D eigenvalue weighted by Gasteiger charge is 2.38. The molecule has 0 spiro atoms. The number of Topliss-reactive ketones (excluding diaryl/α,β-unsaturated/α-hetero) is 1. The average Bonchev–Trinajstić information content (AvgIpc) is 2.55. The van der Waals surface area contributed by atoms with Gasteiger partial charge in [-0.15, -0.1) is 0 Å². The molecule has 0 fully saturated rings. The number of ketones is 1. The zero-order valence-corrected chi connectivity index (χ0v) is 10.1. The Labute approximate surface area is 93.0 Å². The van der Waals surface area contributed by atoms with Crippen LogP contribution in [-0.4, -0.2) is 30.7 Å². The largest absolute Gasteiger partial charge is 0.497 e. The summed E-state index contributed by atoms with van der Waals surface area (Å²) < 4.78 is 5.16. The van der Waals surface area contributed by atoms with E-state index in [0.717, 1.165) is 23.3 Å². The van der Waals surface area contributed by atoms with Crippen molar-refractivity contribution in [2.75, 3.05) is 19.6 Å². The molecule has 0 saturated carbocycles. The smallest absolute Gasteiger partial charge is 0.215 e. The fourth-order valence-electron chi connectivity index (χ4n) is 1.95. The number of carbonyl (C=O) groups is 1. The first-order valence-electron chi connectivity index (χ1n) is 4.91. The van der Waals surface area contributed by atoms with Crippen LogP contribution in [0.5, 0.6) is 5.75 Å². The highest BCUT2D eigenvalue weighted by Crippen LogP contribution is 2.29. The minimum atomic E-state index is 0.154. The number of rotatable bonds is 2. The van der Waals surface area contributed by atoms with Gasteiger partial charge in [0.15, 0.2) is 5.25 Å². The van der Waals surface area contributed by atoms with Crippen molar-refractivity contribution in [1.29, 1.82) is 0 Å². The Balaban J connectivity index is 2.36. The van der Waals surface area contributed by atoms with Gasteiger partial charge in [0.1, 0.15) is 5.75 Å². The highest BCUT2D eigenvalue weighted by atomic mass is 32.2. The van der Waals surface area contributed by atoms with E-state index in [2.05, 4.69) is 12.5 Å². The van der Waals surface area contributed by atoms with E-state index in [4.69, 9.17) is 4.74 Å². The van der Waals surface area contributed by atoms with Gasteiger partial charge in [-0.2, -0.15) is 0 Å². The second kappa shape index (κ2) is 3.89. The third kappa shape index (κ3) is 1.76. The van der Waals surface area contributed by atoms with E-state index in [0.29, 0.717) is 5.78 Å². The molecule has 0 heterocycles. The van der Waals surface area contributed by atoms with Crippen LogP contribution in [0.3, 0.4) is 0 Å². The lowest BCUT2D eigenvalue weighted by atomic mass is 10.1. The van der Waals surface area contributed by atoms with E-state index in [1.807, 2.05) is 18.2 Å². The molecule has 2 rings (SSSR count). The van der Waals surface area contributed by atoms with E-state index in [9.17, 15) is 4.79 Å². The van der Waals surface area contributed by atoms with Gasteiger partial charge in [-0.1, -0.05) is 0 Å².